The lowest BCUT2D eigenvalue weighted by molar-refractivity contribution is 0.458. The summed E-state index contributed by atoms with van der Waals surface area (Å²) in [5.74, 6) is 1.73. The predicted octanol–water partition coefficient (Wildman–Crippen LogP) is 1.65. The summed E-state index contributed by atoms with van der Waals surface area (Å²) in [6, 6.07) is 1.99. The fourth-order valence-electron chi connectivity index (χ4n) is 3.60. The van der Waals surface area contributed by atoms with E-state index in [1.165, 1.54) is 12.8 Å². The number of fused-ring (bicyclic) bond motifs is 2. The minimum absolute atomic E-state index is 0.0423. The van der Waals surface area contributed by atoms with Gasteiger partial charge in [-0.25, -0.2) is 4.98 Å². The van der Waals surface area contributed by atoms with Crippen LogP contribution in [-0.2, 0) is 0 Å². The first-order valence-corrected chi connectivity index (χ1v) is 6.79. The number of aromatic nitrogens is 3. The first-order valence-electron chi connectivity index (χ1n) is 6.79. The molecule has 19 heavy (non-hydrogen) atoms. The van der Waals surface area contributed by atoms with Crippen molar-refractivity contribution in [3.63, 3.8) is 0 Å². The standard InChI is InChI=1S/C14H16N4O/c1-7-4-12(19)18(11-3-2-8-5-9(8)11)13-10(7)6-16-14(15)17-13/h4,6,8-9,11H,2-3,5H2,1H3,(H2,15,16,17)/t8-,9+,11-/m1/s1. The fraction of sp³-hybridized carbons (Fsp3) is 0.500. The lowest BCUT2D eigenvalue weighted by Crippen LogP contribution is -2.26. The average Bonchev–Trinajstić information content (AvgIpc) is 3.03. The number of rotatable bonds is 1. The second-order valence-electron chi connectivity index (χ2n) is 5.81. The molecule has 2 saturated carbocycles. The van der Waals surface area contributed by atoms with Crippen LogP contribution in [0, 0.1) is 18.8 Å². The lowest BCUT2D eigenvalue weighted by Gasteiger charge is -2.18. The van der Waals surface area contributed by atoms with Gasteiger partial charge in [0.2, 0.25) is 5.95 Å². The van der Waals surface area contributed by atoms with Gasteiger partial charge in [0.25, 0.3) is 5.56 Å². The number of hydrogen-bond acceptors (Lipinski definition) is 4. The molecule has 0 amide bonds. The van der Waals surface area contributed by atoms with Crippen molar-refractivity contribution in [2.24, 2.45) is 11.8 Å². The maximum Gasteiger partial charge on any atom is 0.252 e. The monoisotopic (exact) mass is 256 g/mol. The molecule has 2 fully saturated rings. The van der Waals surface area contributed by atoms with Crippen molar-refractivity contribution in [2.75, 3.05) is 5.73 Å². The molecule has 2 N–H and O–H groups in total. The largest absolute Gasteiger partial charge is 0.368 e. The number of nitrogens with zero attached hydrogens (tertiary/aromatic N) is 3. The van der Waals surface area contributed by atoms with Gasteiger partial charge in [0.15, 0.2) is 0 Å². The molecule has 0 saturated heterocycles. The highest BCUT2D eigenvalue weighted by Crippen LogP contribution is 2.57. The van der Waals surface area contributed by atoms with E-state index >= 15 is 0 Å². The highest BCUT2D eigenvalue weighted by molar-refractivity contribution is 5.78. The maximum atomic E-state index is 12.4. The molecule has 5 heteroatoms. The van der Waals surface area contributed by atoms with Gasteiger partial charge in [0.1, 0.15) is 5.65 Å². The van der Waals surface area contributed by atoms with Crippen LogP contribution in [0.2, 0.25) is 0 Å². The van der Waals surface area contributed by atoms with E-state index in [1.54, 1.807) is 12.3 Å². The summed E-state index contributed by atoms with van der Waals surface area (Å²) >= 11 is 0. The van der Waals surface area contributed by atoms with Gasteiger partial charge >= 0.3 is 0 Å². The number of pyridine rings is 1. The Morgan fingerprint density at radius 2 is 2.26 bits per heavy atom. The summed E-state index contributed by atoms with van der Waals surface area (Å²) in [7, 11) is 0. The molecule has 98 valence electrons. The van der Waals surface area contributed by atoms with E-state index in [4.69, 9.17) is 5.73 Å². The molecule has 2 aliphatic carbocycles. The zero-order valence-corrected chi connectivity index (χ0v) is 10.8. The molecule has 0 aromatic carbocycles. The topological polar surface area (TPSA) is 73.8 Å². The average molecular weight is 256 g/mol. The van der Waals surface area contributed by atoms with Crippen molar-refractivity contribution in [3.8, 4) is 0 Å². The Morgan fingerprint density at radius 1 is 1.42 bits per heavy atom. The summed E-state index contributed by atoms with van der Waals surface area (Å²) < 4.78 is 1.86. The summed E-state index contributed by atoms with van der Waals surface area (Å²) in [4.78, 5) is 20.7. The molecule has 4 rings (SSSR count). The Hall–Kier alpha value is -1.91. The van der Waals surface area contributed by atoms with Crippen molar-refractivity contribution in [1.29, 1.82) is 0 Å². The van der Waals surface area contributed by atoms with Gasteiger partial charge in [-0.3, -0.25) is 9.36 Å². The molecule has 0 aliphatic heterocycles. The van der Waals surface area contributed by atoms with Crippen molar-refractivity contribution in [2.45, 2.75) is 32.2 Å². The number of nitrogen functional groups attached to an aromatic ring is 1. The first kappa shape index (κ1) is 11.0. The van der Waals surface area contributed by atoms with E-state index in [9.17, 15) is 4.79 Å². The summed E-state index contributed by atoms with van der Waals surface area (Å²) in [6.45, 7) is 1.92. The van der Waals surface area contributed by atoms with E-state index in [1.807, 2.05) is 11.5 Å². The number of anilines is 1. The SMILES string of the molecule is Cc1cc(=O)n([C@@H]2CC[C@@H]3C[C@@H]32)c2nc(N)ncc12. The van der Waals surface area contributed by atoms with Crippen molar-refractivity contribution >= 4 is 17.0 Å². The van der Waals surface area contributed by atoms with Crippen LogP contribution in [0.15, 0.2) is 17.1 Å². The Balaban J connectivity index is 2.02. The molecule has 0 unspecified atom stereocenters. The van der Waals surface area contributed by atoms with Gasteiger partial charge in [-0.05, 0) is 43.6 Å². The molecule has 2 aliphatic rings. The van der Waals surface area contributed by atoms with Gasteiger partial charge in [-0.2, -0.15) is 4.98 Å². The van der Waals surface area contributed by atoms with E-state index in [-0.39, 0.29) is 11.5 Å². The van der Waals surface area contributed by atoms with Crippen molar-refractivity contribution in [3.05, 3.63) is 28.2 Å². The zero-order valence-electron chi connectivity index (χ0n) is 10.8. The second-order valence-corrected chi connectivity index (χ2v) is 5.81. The normalized spacial score (nSPS) is 28.6. The Bertz CT molecular complexity index is 736. The minimum atomic E-state index is 0.0423. The molecule has 0 bridgehead atoms. The third kappa shape index (κ3) is 1.50. The number of nitrogens with two attached hydrogens (primary N) is 1. The summed E-state index contributed by atoms with van der Waals surface area (Å²) in [5, 5.41) is 0.929. The van der Waals surface area contributed by atoms with Crippen LogP contribution < -0.4 is 11.3 Å². The highest BCUT2D eigenvalue weighted by atomic mass is 16.1. The van der Waals surface area contributed by atoms with Gasteiger partial charge in [-0.15, -0.1) is 0 Å². The molecule has 2 aromatic rings. The van der Waals surface area contributed by atoms with Crippen LogP contribution >= 0.6 is 0 Å². The van der Waals surface area contributed by atoms with Crippen LogP contribution in [-0.4, -0.2) is 14.5 Å². The van der Waals surface area contributed by atoms with Crippen LogP contribution in [0.25, 0.3) is 11.0 Å². The maximum absolute atomic E-state index is 12.4. The Kier molecular flexibility index (Phi) is 2.05. The van der Waals surface area contributed by atoms with Gasteiger partial charge in [-0.1, -0.05) is 0 Å². The lowest BCUT2D eigenvalue weighted by atomic mass is 10.1. The van der Waals surface area contributed by atoms with Gasteiger partial charge in [0.05, 0.1) is 0 Å². The Labute approximate surface area is 110 Å². The number of aryl methyl sites for hydroxylation is 1. The van der Waals surface area contributed by atoms with Crippen LogP contribution in [0.1, 0.15) is 30.9 Å². The third-order valence-corrected chi connectivity index (χ3v) is 4.65. The molecular weight excluding hydrogens is 240 g/mol. The van der Waals surface area contributed by atoms with E-state index < -0.39 is 0 Å². The molecular formula is C14H16N4O. The zero-order chi connectivity index (χ0) is 13.1. The fourth-order valence-corrected chi connectivity index (χ4v) is 3.60. The molecule has 2 aromatic heterocycles. The highest BCUT2D eigenvalue weighted by Gasteiger charge is 2.49. The van der Waals surface area contributed by atoms with Crippen molar-refractivity contribution in [1.82, 2.24) is 14.5 Å². The first-order chi connectivity index (χ1) is 9.15. The Morgan fingerprint density at radius 3 is 2.95 bits per heavy atom. The predicted molar refractivity (Wildman–Crippen MR) is 72.8 cm³/mol. The molecule has 0 radical (unpaired) electrons. The third-order valence-electron chi connectivity index (χ3n) is 4.65. The number of hydrogen-bond donors (Lipinski definition) is 1. The van der Waals surface area contributed by atoms with E-state index in [2.05, 4.69) is 9.97 Å². The molecule has 0 spiro atoms. The van der Waals surface area contributed by atoms with Gasteiger partial charge < -0.3 is 5.73 Å². The van der Waals surface area contributed by atoms with Gasteiger partial charge in [0, 0.05) is 23.7 Å². The van der Waals surface area contributed by atoms with E-state index in [0.717, 1.165) is 23.3 Å². The van der Waals surface area contributed by atoms with Crippen molar-refractivity contribution < 1.29 is 0 Å². The molecule has 3 atom stereocenters. The van der Waals surface area contributed by atoms with Crippen LogP contribution in [0.4, 0.5) is 5.95 Å². The van der Waals surface area contributed by atoms with Crippen LogP contribution in [0.3, 0.4) is 0 Å². The smallest absolute Gasteiger partial charge is 0.252 e. The summed E-state index contributed by atoms with van der Waals surface area (Å²) in [5.41, 5.74) is 7.36. The molecule has 2 heterocycles. The van der Waals surface area contributed by atoms with Crippen LogP contribution in [0.5, 0.6) is 0 Å². The molecule has 5 nitrogen and oxygen atoms in total. The second kappa shape index (κ2) is 3.56. The minimum Gasteiger partial charge on any atom is -0.368 e. The summed E-state index contributed by atoms with van der Waals surface area (Å²) in [6.07, 6.45) is 5.30. The quantitative estimate of drug-likeness (QED) is 0.842. The van der Waals surface area contributed by atoms with E-state index in [0.29, 0.717) is 17.6 Å².